The number of carbonyl (C=O) groups excluding carboxylic acids is 1. The maximum atomic E-state index is 13.2. The average Bonchev–Trinajstić information content (AvgIpc) is 2.38. The summed E-state index contributed by atoms with van der Waals surface area (Å²) >= 11 is 11.5. The molecule has 0 amide bonds. The molecule has 1 aromatic carbocycles. The zero-order chi connectivity index (χ0) is 16.7. The van der Waals surface area contributed by atoms with E-state index in [1.54, 1.807) is 0 Å². The molecule has 4 nitrogen and oxygen atoms in total. The predicted molar refractivity (Wildman–Crippen MR) is 72.7 cm³/mol. The van der Waals surface area contributed by atoms with Gasteiger partial charge >= 0.3 is 17.9 Å². The SMILES string of the molecule is CCOC(=O)C1=Cc2cc(Cl)cc(Cl)c2OC1(O)C(F)(F)F. The lowest BCUT2D eigenvalue weighted by Gasteiger charge is -2.35. The number of hydrogen-bond acceptors (Lipinski definition) is 4. The van der Waals surface area contributed by atoms with Gasteiger partial charge in [-0.05, 0) is 25.1 Å². The maximum absolute atomic E-state index is 13.2. The first-order chi connectivity index (χ1) is 10.1. The minimum absolute atomic E-state index is 0.0227. The highest BCUT2D eigenvalue weighted by molar-refractivity contribution is 6.36. The number of halogens is 5. The molecule has 9 heteroatoms. The Bertz CT molecular complexity index is 657. The Morgan fingerprint density at radius 2 is 2.05 bits per heavy atom. The molecule has 0 radical (unpaired) electrons. The van der Waals surface area contributed by atoms with Gasteiger partial charge in [-0.15, -0.1) is 0 Å². The molecule has 0 bridgehead atoms. The quantitative estimate of drug-likeness (QED) is 0.822. The molecular weight excluding hydrogens is 348 g/mol. The van der Waals surface area contributed by atoms with Crippen molar-refractivity contribution >= 4 is 35.2 Å². The molecule has 1 atom stereocenters. The van der Waals surface area contributed by atoms with Crippen LogP contribution in [0.1, 0.15) is 12.5 Å². The van der Waals surface area contributed by atoms with Gasteiger partial charge in [0.1, 0.15) is 11.3 Å². The van der Waals surface area contributed by atoms with Crippen molar-refractivity contribution in [3.63, 3.8) is 0 Å². The van der Waals surface area contributed by atoms with E-state index in [2.05, 4.69) is 9.47 Å². The molecule has 1 N–H and O–H groups in total. The van der Waals surface area contributed by atoms with Crippen molar-refractivity contribution in [2.75, 3.05) is 6.61 Å². The van der Waals surface area contributed by atoms with Crippen molar-refractivity contribution in [1.29, 1.82) is 0 Å². The Labute approximate surface area is 133 Å². The first kappa shape index (κ1) is 16.9. The highest BCUT2D eigenvalue weighted by Gasteiger charge is 2.63. The third-order valence-electron chi connectivity index (χ3n) is 2.83. The number of alkyl halides is 3. The molecule has 0 saturated carbocycles. The second-order valence-corrected chi connectivity index (χ2v) is 5.17. The Hall–Kier alpha value is -1.44. The number of benzene rings is 1. The van der Waals surface area contributed by atoms with Crippen LogP contribution in [0.4, 0.5) is 13.2 Å². The summed E-state index contributed by atoms with van der Waals surface area (Å²) in [4.78, 5) is 11.7. The summed E-state index contributed by atoms with van der Waals surface area (Å²) in [6, 6.07) is 2.40. The van der Waals surface area contributed by atoms with Crippen LogP contribution in [0.2, 0.25) is 10.0 Å². The first-order valence-electron chi connectivity index (χ1n) is 5.96. The van der Waals surface area contributed by atoms with Crippen molar-refractivity contribution in [3.05, 3.63) is 33.3 Å². The molecule has 22 heavy (non-hydrogen) atoms. The van der Waals surface area contributed by atoms with Gasteiger partial charge in [0, 0.05) is 10.6 Å². The smallest absolute Gasteiger partial charge is 0.460 e. The van der Waals surface area contributed by atoms with Crippen LogP contribution in [0.25, 0.3) is 6.08 Å². The normalized spacial score (nSPS) is 20.8. The minimum atomic E-state index is -5.29. The van der Waals surface area contributed by atoms with Crippen LogP contribution < -0.4 is 4.74 Å². The van der Waals surface area contributed by atoms with Gasteiger partial charge in [0.25, 0.3) is 0 Å². The molecule has 0 aliphatic carbocycles. The Balaban J connectivity index is 2.66. The largest absolute Gasteiger partial charge is 0.462 e. The summed E-state index contributed by atoms with van der Waals surface area (Å²) in [5.41, 5.74) is -1.08. The zero-order valence-corrected chi connectivity index (χ0v) is 12.5. The van der Waals surface area contributed by atoms with E-state index in [1.807, 2.05) is 0 Å². The molecule has 1 heterocycles. The van der Waals surface area contributed by atoms with E-state index >= 15 is 0 Å². The molecule has 1 aliphatic heterocycles. The van der Waals surface area contributed by atoms with Crippen molar-refractivity contribution < 1.29 is 32.5 Å². The topological polar surface area (TPSA) is 55.8 Å². The van der Waals surface area contributed by atoms with Gasteiger partial charge in [0.05, 0.1) is 11.6 Å². The summed E-state index contributed by atoms with van der Waals surface area (Å²) in [6.45, 7) is 1.24. The van der Waals surface area contributed by atoms with Gasteiger partial charge in [0.15, 0.2) is 0 Å². The third kappa shape index (κ3) is 2.76. The zero-order valence-electron chi connectivity index (χ0n) is 11.0. The number of carbonyl (C=O) groups is 1. The lowest BCUT2D eigenvalue weighted by atomic mass is 9.98. The molecule has 0 aromatic heterocycles. The van der Waals surface area contributed by atoms with Gasteiger partial charge in [-0.1, -0.05) is 23.2 Å². The van der Waals surface area contributed by atoms with Crippen LogP contribution in [-0.4, -0.2) is 29.6 Å². The van der Waals surface area contributed by atoms with Crippen molar-refractivity contribution in [2.24, 2.45) is 0 Å². The molecule has 0 spiro atoms. The molecule has 1 aliphatic rings. The van der Waals surface area contributed by atoms with Gasteiger partial charge < -0.3 is 14.6 Å². The molecule has 0 saturated heterocycles. The standard InChI is InChI=1S/C13H9Cl2F3O4/c1-2-21-11(19)8-4-6-3-7(14)5-9(15)10(6)22-12(8,20)13(16,17)18/h3-5,20H,2H2,1H3. The Kier molecular flexibility index (Phi) is 4.34. The third-order valence-corrected chi connectivity index (χ3v) is 3.33. The predicted octanol–water partition coefficient (Wildman–Crippen LogP) is 3.58. The lowest BCUT2D eigenvalue weighted by molar-refractivity contribution is -0.316. The van der Waals surface area contributed by atoms with Crippen molar-refractivity contribution in [2.45, 2.75) is 18.9 Å². The second kappa shape index (κ2) is 5.64. The first-order valence-corrected chi connectivity index (χ1v) is 6.72. The summed E-state index contributed by atoms with van der Waals surface area (Å²) in [6.07, 6.45) is -4.49. The van der Waals surface area contributed by atoms with Gasteiger partial charge in [-0.25, -0.2) is 4.79 Å². The Morgan fingerprint density at radius 1 is 1.41 bits per heavy atom. The fraction of sp³-hybridized carbons (Fsp3) is 0.308. The van der Waals surface area contributed by atoms with Gasteiger partial charge in [-0.3, -0.25) is 0 Å². The maximum Gasteiger partial charge on any atom is 0.460 e. The monoisotopic (exact) mass is 356 g/mol. The minimum Gasteiger partial charge on any atom is -0.462 e. The van der Waals surface area contributed by atoms with E-state index in [1.165, 1.54) is 13.0 Å². The fourth-order valence-electron chi connectivity index (χ4n) is 1.87. The van der Waals surface area contributed by atoms with E-state index in [4.69, 9.17) is 23.2 Å². The van der Waals surface area contributed by atoms with Crippen LogP contribution >= 0.6 is 23.2 Å². The van der Waals surface area contributed by atoms with E-state index in [-0.39, 0.29) is 22.2 Å². The van der Waals surface area contributed by atoms with Crippen molar-refractivity contribution in [3.8, 4) is 5.75 Å². The fourth-order valence-corrected chi connectivity index (χ4v) is 2.42. The van der Waals surface area contributed by atoms with Gasteiger partial charge in [-0.2, -0.15) is 13.2 Å². The van der Waals surface area contributed by atoms with Crippen molar-refractivity contribution in [1.82, 2.24) is 0 Å². The summed E-state index contributed by atoms with van der Waals surface area (Å²) in [5.74, 6) is -5.65. The summed E-state index contributed by atoms with van der Waals surface area (Å²) in [7, 11) is 0. The van der Waals surface area contributed by atoms with Crippen LogP contribution in [-0.2, 0) is 9.53 Å². The van der Waals surface area contributed by atoms with Crippen LogP contribution in [0.3, 0.4) is 0 Å². The number of fused-ring (bicyclic) bond motifs is 1. The van der Waals surface area contributed by atoms with E-state index in [0.29, 0.717) is 0 Å². The molecule has 2 rings (SSSR count). The van der Waals surface area contributed by atoms with Crippen LogP contribution in [0, 0.1) is 0 Å². The Morgan fingerprint density at radius 3 is 2.59 bits per heavy atom. The molecule has 1 unspecified atom stereocenters. The van der Waals surface area contributed by atoms with E-state index in [9.17, 15) is 23.1 Å². The van der Waals surface area contributed by atoms with Gasteiger partial charge in [0.2, 0.25) is 0 Å². The van der Waals surface area contributed by atoms with E-state index in [0.717, 1.165) is 12.1 Å². The average molecular weight is 357 g/mol. The van der Waals surface area contributed by atoms with E-state index < -0.39 is 29.3 Å². The highest BCUT2D eigenvalue weighted by Crippen LogP contribution is 2.47. The van der Waals surface area contributed by atoms with Crippen LogP contribution in [0.5, 0.6) is 5.75 Å². The summed E-state index contributed by atoms with van der Waals surface area (Å²) < 4.78 is 48.7. The molecular formula is C13H9Cl2F3O4. The highest BCUT2D eigenvalue weighted by atomic mass is 35.5. The van der Waals surface area contributed by atoms with Crippen LogP contribution in [0.15, 0.2) is 17.7 Å². The second-order valence-electron chi connectivity index (χ2n) is 4.33. The molecule has 1 aromatic rings. The number of ether oxygens (including phenoxy) is 2. The number of esters is 1. The molecule has 0 fully saturated rings. The number of rotatable bonds is 2. The molecule has 120 valence electrons. The number of aliphatic hydroxyl groups is 1. The number of hydrogen-bond donors (Lipinski definition) is 1. The summed E-state index contributed by atoms with van der Waals surface area (Å²) in [5, 5.41) is 9.79. The lowest BCUT2D eigenvalue weighted by Crippen LogP contribution is -2.55.